The van der Waals surface area contributed by atoms with Crippen LogP contribution in [-0.2, 0) is 10.2 Å². The van der Waals surface area contributed by atoms with Crippen molar-refractivity contribution in [3.05, 3.63) is 47.0 Å². The molecule has 0 saturated heterocycles. The zero-order valence-corrected chi connectivity index (χ0v) is 10.3. The van der Waals surface area contributed by atoms with Gasteiger partial charge in [-0.15, -0.1) is 0 Å². The summed E-state index contributed by atoms with van der Waals surface area (Å²) < 4.78 is 0. The van der Waals surface area contributed by atoms with Crippen molar-refractivity contribution in [3.8, 4) is 0 Å². The number of benzene rings is 1. The summed E-state index contributed by atoms with van der Waals surface area (Å²) in [6.45, 7) is 11.5. The van der Waals surface area contributed by atoms with Gasteiger partial charge in [-0.05, 0) is 30.5 Å². The molecule has 2 heteroatoms. The van der Waals surface area contributed by atoms with Gasteiger partial charge in [-0.2, -0.15) is 0 Å². The molecule has 0 atom stereocenters. The van der Waals surface area contributed by atoms with Crippen LogP contribution < -0.4 is 0 Å². The number of hydrogen-bond acceptors (Lipinski definition) is 1. The first kappa shape index (κ1) is 12.5. The molecule has 0 radical (unpaired) electrons. The predicted molar refractivity (Wildman–Crippen MR) is 65.7 cm³/mol. The first-order valence-electron chi connectivity index (χ1n) is 5.28. The molecule has 0 heterocycles. The third-order valence-electron chi connectivity index (χ3n) is 3.29. The third kappa shape index (κ3) is 2.01. The van der Waals surface area contributed by atoms with E-state index in [1.54, 1.807) is 0 Å². The molecule has 86 valence electrons. The summed E-state index contributed by atoms with van der Waals surface area (Å²) in [5, 5.41) is 9.04. The highest BCUT2D eigenvalue weighted by Crippen LogP contribution is 2.33. The van der Waals surface area contributed by atoms with E-state index in [0.29, 0.717) is 0 Å². The van der Waals surface area contributed by atoms with Gasteiger partial charge in [0.2, 0.25) is 0 Å². The van der Waals surface area contributed by atoms with E-state index in [9.17, 15) is 4.79 Å². The summed E-state index contributed by atoms with van der Waals surface area (Å²) in [4.78, 5) is 11.0. The lowest BCUT2D eigenvalue weighted by Gasteiger charge is -2.28. The molecule has 0 aliphatic carbocycles. The van der Waals surface area contributed by atoms with Gasteiger partial charge < -0.3 is 5.11 Å². The van der Waals surface area contributed by atoms with Crippen molar-refractivity contribution in [2.45, 2.75) is 33.1 Å². The Balaban J connectivity index is 3.32. The van der Waals surface area contributed by atoms with E-state index in [0.717, 1.165) is 11.1 Å². The predicted octanol–water partition coefficient (Wildman–Crippen LogP) is 3.22. The molecule has 1 N–H and O–H groups in total. The molecule has 0 aliphatic rings. The van der Waals surface area contributed by atoms with E-state index in [2.05, 4.69) is 6.58 Å². The molecule has 0 aromatic heterocycles. The molecule has 1 aromatic carbocycles. The van der Waals surface area contributed by atoms with Gasteiger partial charge in [-0.25, -0.2) is 4.79 Å². The van der Waals surface area contributed by atoms with Gasteiger partial charge in [0.05, 0.1) is 0 Å². The maximum Gasteiger partial charge on any atom is 0.331 e. The molecular weight excluding hydrogens is 200 g/mol. The molecule has 0 unspecified atom stereocenters. The first-order chi connectivity index (χ1) is 7.28. The second-order valence-electron chi connectivity index (χ2n) is 4.66. The maximum atomic E-state index is 11.0. The number of carboxylic acids is 1. The molecule has 0 amide bonds. The summed E-state index contributed by atoms with van der Waals surface area (Å²) in [5.41, 5.74) is 3.02. The van der Waals surface area contributed by atoms with E-state index in [1.807, 2.05) is 45.9 Å². The number of hydrogen-bond donors (Lipinski definition) is 1. The minimum absolute atomic E-state index is 0.223. The molecule has 0 fully saturated rings. The van der Waals surface area contributed by atoms with Gasteiger partial charge in [0.15, 0.2) is 0 Å². The molecule has 2 nitrogen and oxygen atoms in total. The van der Waals surface area contributed by atoms with E-state index >= 15 is 0 Å². The van der Waals surface area contributed by atoms with Crippen LogP contribution in [0.4, 0.5) is 0 Å². The summed E-state index contributed by atoms with van der Waals surface area (Å²) in [6.07, 6.45) is 0. The Morgan fingerprint density at radius 2 is 1.88 bits per heavy atom. The lowest BCUT2D eigenvalue weighted by Crippen LogP contribution is -2.26. The maximum absolute atomic E-state index is 11.0. The lowest BCUT2D eigenvalue weighted by molar-refractivity contribution is -0.133. The highest BCUT2D eigenvalue weighted by molar-refractivity contribution is 5.89. The Hall–Kier alpha value is -1.57. The van der Waals surface area contributed by atoms with E-state index < -0.39 is 11.4 Å². The lowest BCUT2D eigenvalue weighted by atomic mass is 9.75. The fourth-order valence-corrected chi connectivity index (χ4v) is 1.86. The van der Waals surface area contributed by atoms with Crippen molar-refractivity contribution in [1.29, 1.82) is 0 Å². The summed E-state index contributed by atoms with van der Waals surface area (Å²) in [6, 6.07) is 5.95. The van der Waals surface area contributed by atoms with Crippen LogP contribution in [0.15, 0.2) is 30.4 Å². The van der Waals surface area contributed by atoms with Crippen LogP contribution in [0.1, 0.15) is 30.5 Å². The van der Waals surface area contributed by atoms with Crippen molar-refractivity contribution >= 4 is 5.97 Å². The zero-order chi connectivity index (χ0) is 12.5. The molecule has 0 spiro atoms. The van der Waals surface area contributed by atoms with Gasteiger partial charge in [0.1, 0.15) is 0 Å². The van der Waals surface area contributed by atoms with Gasteiger partial charge in [0, 0.05) is 11.0 Å². The third-order valence-corrected chi connectivity index (χ3v) is 3.29. The molecule has 1 rings (SSSR count). The van der Waals surface area contributed by atoms with Crippen molar-refractivity contribution in [1.82, 2.24) is 0 Å². The summed E-state index contributed by atoms with van der Waals surface area (Å²) in [7, 11) is 0. The average molecular weight is 218 g/mol. The van der Waals surface area contributed by atoms with Crippen LogP contribution >= 0.6 is 0 Å². The largest absolute Gasteiger partial charge is 0.478 e. The number of aliphatic carboxylic acids is 1. The van der Waals surface area contributed by atoms with E-state index in [-0.39, 0.29) is 5.57 Å². The number of carboxylic acid groups (broad SMARTS) is 1. The van der Waals surface area contributed by atoms with E-state index in [4.69, 9.17) is 5.11 Å². The van der Waals surface area contributed by atoms with Gasteiger partial charge in [-0.1, -0.05) is 38.6 Å². The Bertz CT molecular complexity index is 442. The molecule has 1 aromatic rings. The van der Waals surface area contributed by atoms with E-state index in [1.165, 1.54) is 5.56 Å². The normalized spacial score (nSPS) is 11.2. The molecule has 16 heavy (non-hydrogen) atoms. The fraction of sp³-hybridized carbons (Fsp3) is 0.357. The van der Waals surface area contributed by atoms with Crippen LogP contribution in [-0.4, -0.2) is 11.1 Å². The number of rotatable bonds is 3. The van der Waals surface area contributed by atoms with Gasteiger partial charge in [0.25, 0.3) is 0 Å². The smallest absolute Gasteiger partial charge is 0.331 e. The van der Waals surface area contributed by atoms with Crippen LogP contribution in [0.2, 0.25) is 0 Å². The number of carbonyl (C=O) groups is 1. The van der Waals surface area contributed by atoms with Crippen molar-refractivity contribution in [3.63, 3.8) is 0 Å². The Morgan fingerprint density at radius 3 is 2.38 bits per heavy atom. The Kier molecular flexibility index (Phi) is 3.22. The van der Waals surface area contributed by atoms with Crippen molar-refractivity contribution in [2.24, 2.45) is 0 Å². The van der Waals surface area contributed by atoms with Gasteiger partial charge in [-0.3, -0.25) is 0 Å². The molecular formula is C14H18O2. The average Bonchev–Trinajstić information content (AvgIpc) is 2.20. The highest BCUT2D eigenvalue weighted by Gasteiger charge is 2.30. The van der Waals surface area contributed by atoms with Crippen LogP contribution in [0, 0.1) is 13.8 Å². The van der Waals surface area contributed by atoms with Crippen LogP contribution in [0.3, 0.4) is 0 Å². The van der Waals surface area contributed by atoms with Gasteiger partial charge >= 0.3 is 5.97 Å². The molecule has 0 saturated carbocycles. The molecule has 0 aliphatic heterocycles. The van der Waals surface area contributed by atoms with Crippen LogP contribution in [0.25, 0.3) is 0 Å². The SMILES string of the molecule is C=C(C(=O)O)C(C)(C)c1cccc(C)c1C. The quantitative estimate of drug-likeness (QED) is 0.791. The summed E-state index contributed by atoms with van der Waals surface area (Å²) >= 11 is 0. The Morgan fingerprint density at radius 1 is 1.31 bits per heavy atom. The standard InChI is InChI=1S/C14H18O2/c1-9-7-6-8-12(10(9)2)14(4,5)11(3)13(15)16/h6-8H,3H2,1-2,4-5H3,(H,15,16). The zero-order valence-electron chi connectivity index (χ0n) is 10.3. The van der Waals surface area contributed by atoms with Crippen LogP contribution in [0.5, 0.6) is 0 Å². The molecule has 0 bridgehead atoms. The Labute approximate surface area is 96.6 Å². The minimum Gasteiger partial charge on any atom is -0.478 e. The summed E-state index contributed by atoms with van der Waals surface area (Å²) in [5.74, 6) is -0.939. The van der Waals surface area contributed by atoms with Crippen molar-refractivity contribution in [2.75, 3.05) is 0 Å². The highest BCUT2D eigenvalue weighted by atomic mass is 16.4. The minimum atomic E-state index is -0.939. The second kappa shape index (κ2) is 4.12. The fourth-order valence-electron chi connectivity index (χ4n) is 1.86. The monoisotopic (exact) mass is 218 g/mol. The topological polar surface area (TPSA) is 37.3 Å². The first-order valence-corrected chi connectivity index (χ1v) is 5.28. The van der Waals surface area contributed by atoms with Crippen molar-refractivity contribution < 1.29 is 9.90 Å². The number of aryl methyl sites for hydroxylation is 1. The second-order valence-corrected chi connectivity index (χ2v) is 4.66.